The smallest absolute Gasteiger partial charge is 0.735 e. The fourth-order valence-electron chi connectivity index (χ4n) is 2.40. The molecule has 0 spiro atoms. The Morgan fingerprint density at radius 3 is 2.29 bits per heavy atom. The average molecular weight is 447 g/mol. The third kappa shape index (κ3) is 9.20. The van der Waals surface area contributed by atoms with E-state index in [-0.39, 0.29) is 83.7 Å². The molecule has 28 heavy (non-hydrogen) atoms. The molecular weight excluding hydrogens is 428 g/mol. The second-order valence-corrected chi connectivity index (χ2v) is 6.69. The Bertz CT molecular complexity index is 632. The summed E-state index contributed by atoms with van der Waals surface area (Å²) < 4.78 is 47.8. The first kappa shape index (κ1) is 30.8. The zero-order chi connectivity index (χ0) is 18.8. The molecule has 2 bridgehead atoms. The van der Waals surface area contributed by atoms with Gasteiger partial charge in [-0.1, -0.05) is 0 Å². The molecule has 0 aromatic heterocycles. The van der Waals surface area contributed by atoms with E-state index in [1.165, 1.54) is 0 Å². The molecule has 13 nitrogen and oxygen atoms in total. The van der Waals surface area contributed by atoms with Crippen molar-refractivity contribution in [2.24, 2.45) is 0 Å². The molecule has 16 heteroatoms. The van der Waals surface area contributed by atoms with Crippen LogP contribution in [0.4, 0.5) is 0 Å². The van der Waals surface area contributed by atoms with Crippen molar-refractivity contribution in [2.75, 3.05) is 13.2 Å². The number of carbonyl (C=O) groups excluding carboxylic acids is 1. The molecule has 0 saturated carbocycles. The standard InChI is InChI=1S/C6H11NO6S.C6H8O5.2Na.H2O/c8-4-1-3-2-12-6(13-3)5(4)7-14(9,10)11;7-3-1-5(6(9)10)11-2-4(3)8;;;/h3-8H,1-2H2,(H,9,10,11);1,3-4,7-8H,2H2,(H,9,10);;;1H2/q;;2*+1;/p-2/t3?,4-,5?,6-;3-,4?;;;/m11.../s1. The van der Waals surface area contributed by atoms with E-state index in [1.807, 2.05) is 0 Å². The van der Waals surface area contributed by atoms with Crippen molar-refractivity contribution >= 4 is 16.3 Å². The number of aliphatic hydroxyl groups is 3. The summed E-state index contributed by atoms with van der Waals surface area (Å²) in [6, 6.07) is -1.00. The third-order valence-corrected chi connectivity index (χ3v) is 4.15. The van der Waals surface area contributed by atoms with Crippen LogP contribution in [0.3, 0.4) is 0 Å². The van der Waals surface area contributed by atoms with Crippen LogP contribution in [0.5, 0.6) is 0 Å². The molecule has 0 amide bonds. The molecule has 2 fully saturated rings. The summed E-state index contributed by atoms with van der Waals surface area (Å²) in [5.41, 5.74) is 0. The third-order valence-electron chi connectivity index (χ3n) is 3.59. The summed E-state index contributed by atoms with van der Waals surface area (Å²) in [5, 5.41) is 37.3. The van der Waals surface area contributed by atoms with Crippen molar-refractivity contribution in [1.29, 1.82) is 0 Å². The Morgan fingerprint density at radius 1 is 1.18 bits per heavy atom. The summed E-state index contributed by atoms with van der Waals surface area (Å²) in [6.45, 7) is 0.0970. The van der Waals surface area contributed by atoms with E-state index in [0.717, 1.165) is 6.08 Å². The molecule has 3 rings (SSSR count). The summed E-state index contributed by atoms with van der Waals surface area (Å²) in [5.74, 6) is -1.92. The van der Waals surface area contributed by atoms with Crippen LogP contribution in [0, 0.1) is 0 Å². The Hall–Kier alpha value is 0.640. The monoisotopic (exact) mass is 447 g/mol. The van der Waals surface area contributed by atoms with E-state index in [4.69, 9.17) is 19.7 Å². The van der Waals surface area contributed by atoms with Crippen molar-refractivity contribution in [3.63, 3.8) is 0 Å². The number of hydrogen-bond acceptors (Lipinski definition) is 11. The van der Waals surface area contributed by atoms with Crippen molar-refractivity contribution in [3.05, 3.63) is 11.8 Å². The van der Waals surface area contributed by atoms with Gasteiger partial charge in [0.1, 0.15) is 30.5 Å². The number of nitrogens with one attached hydrogen (secondary N) is 1. The molecule has 152 valence electrons. The molecule has 0 aromatic carbocycles. The first-order valence-corrected chi connectivity index (χ1v) is 8.58. The maximum Gasteiger partial charge on any atom is 1.00 e. The van der Waals surface area contributed by atoms with Gasteiger partial charge in [0.25, 0.3) is 0 Å². The summed E-state index contributed by atoms with van der Waals surface area (Å²) >= 11 is 0. The van der Waals surface area contributed by atoms with Crippen LogP contribution in [-0.4, -0.2) is 89.7 Å². The first-order chi connectivity index (χ1) is 11.6. The Balaban J connectivity index is 0. The van der Waals surface area contributed by atoms with Gasteiger partial charge >= 0.3 is 59.1 Å². The number of carbonyl (C=O) groups is 1. The van der Waals surface area contributed by atoms with Gasteiger partial charge in [0.15, 0.2) is 16.6 Å². The Morgan fingerprint density at radius 2 is 1.79 bits per heavy atom. The van der Waals surface area contributed by atoms with E-state index < -0.39 is 52.7 Å². The van der Waals surface area contributed by atoms with Gasteiger partial charge < -0.3 is 49.5 Å². The molecule has 6 N–H and O–H groups in total. The summed E-state index contributed by atoms with van der Waals surface area (Å²) in [6.07, 6.45) is -3.07. The number of carboxylic acid groups (broad SMARTS) is 1. The van der Waals surface area contributed by atoms with Crippen molar-refractivity contribution < 1.29 is 117 Å². The Labute approximate surface area is 204 Å². The van der Waals surface area contributed by atoms with Gasteiger partial charge in [-0.25, -0.2) is 13.1 Å². The van der Waals surface area contributed by atoms with Crippen LogP contribution in [0.1, 0.15) is 6.42 Å². The topological polar surface area (TPSA) is 229 Å². The minimum absolute atomic E-state index is 0. The summed E-state index contributed by atoms with van der Waals surface area (Å²) in [7, 11) is -4.60. The second kappa shape index (κ2) is 13.1. The van der Waals surface area contributed by atoms with Crippen LogP contribution in [0.15, 0.2) is 11.8 Å². The predicted molar refractivity (Wildman–Crippen MR) is 76.5 cm³/mol. The van der Waals surface area contributed by atoms with Crippen molar-refractivity contribution in [2.45, 2.75) is 43.2 Å². The second-order valence-electron chi connectivity index (χ2n) is 5.55. The normalized spacial score (nSPS) is 33.4. The molecule has 2 saturated heterocycles. The van der Waals surface area contributed by atoms with Gasteiger partial charge in [-0.3, -0.25) is 0 Å². The van der Waals surface area contributed by atoms with Gasteiger partial charge in [-0.05, 0) is 6.08 Å². The minimum Gasteiger partial charge on any atom is -0.735 e. The number of fused-ring (bicyclic) bond motifs is 2. The fourth-order valence-corrected chi connectivity index (χ4v) is 3.00. The van der Waals surface area contributed by atoms with Crippen LogP contribution >= 0.6 is 0 Å². The number of carboxylic acids is 1. The molecule has 3 heterocycles. The van der Waals surface area contributed by atoms with Crippen molar-refractivity contribution in [3.8, 4) is 0 Å². The minimum atomic E-state index is -4.60. The molecule has 0 aliphatic carbocycles. The van der Waals surface area contributed by atoms with Gasteiger partial charge in [-0.15, -0.1) is 0 Å². The SMILES string of the molecule is O.O=C([O-])C1=C[C@@H](O)C(O)CO1.O=S(=O)([O-])NC1[C@@H]2OCC(C[C@H]1O)O2.[Na+].[Na+]. The zero-order valence-electron chi connectivity index (χ0n) is 15.2. The van der Waals surface area contributed by atoms with Crippen LogP contribution < -0.4 is 68.9 Å². The van der Waals surface area contributed by atoms with Crippen LogP contribution in [-0.2, 0) is 29.3 Å². The summed E-state index contributed by atoms with van der Waals surface area (Å²) in [4.78, 5) is 10.1. The first-order valence-electron chi connectivity index (χ1n) is 7.17. The number of rotatable bonds is 3. The average Bonchev–Trinajstić information content (AvgIpc) is 2.89. The maximum atomic E-state index is 10.4. The molecule has 3 unspecified atom stereocenters. The number of aliphatic carboxylic acids is 1. The van der Waals surface area contributed by atoms with Gasteiger partial charge in [0.2, 0.25) is 0 Å². The van der Waals surface area contributed by atoms with E-state index in [9.17, 15) is 28.0 Å². The largest absolute Gasteiger partial charge is 1.00 e. The molecular formula is C12H19NNa2O12S. The van der Waals surface area contributed by atoms with Gasteiger partial charge in [0, 0.05) is 6.42 Å². The van der Waals surface area contributed by atoms with Crippen LogP contribution in [0.25, 0.3) is 0 Å². The molecule has 0 radical (unpaired) electrons. The number of ether oxygens (including phenoxy) is 3. The predicted octanol–water partition coefficient (Wildman–Crippen LogP) is -11.5. The van der Waals surface area contributed by atoms with Gasteiger partial charge in [0.05, 0.1) is 24.9 Å². The van der Waals surface area contributed by atoms with E-state index >= 15 is 0 Å². The molecule has 0 aromatic rings. The Kier molecular flexibility index (Phi) is 14.5. The van der Waals surface area contributed by atoms with E-state index in [2.05, 4.69) is 4.74 Å². The molecule has 6 atom stereocenters. The van der Waals surface area contributed by atoms with E-state index in [0.29, 0.717) is 6.61 Å². The number of hydrogen-bond donors (Lipinski definition) is 4. The maximum absolute atomic E-state index is 10.4. The zero-order valence-corrected chi connectivity index (χ0v) is 20.0. The fraction of sp³-hybridized carbons (Fsp3) is 0.750. The van der Waals surface area contributed by atoms with Gasteiger partial charge in [-0.2, -0.15) is 0 Å². The quantitative estimate of drug-likeness (QED) is 0.234. The molecule has 3 aliphatic rings. The number of aliphatic hydroxyl groups excluding tert-OH is 3. The molecule has 3 aliphatic heterocycles. The van der Waals surface area contributed by atoms with Crippen molar-refractivity contribution in [1.82, 2.24) is 4.72 Å². The van der Waals surface area contributed by atoms with E-state index in [1.54, 1.807) is 4.72 Å². The van der Waals surface area contributed by atoms with Crippen LogP contribution in [0.2, 0.25) is 0 Å².